The molecule has 1 aliphatic carbocycles. The molecule has 1 heterocycles. The van der Waals surface area contributed by atoms with E-state index in [0.717, 1.165) is 36.9 Å². The van der Waals surface area contributed by atoms with Crippen LogP contribution in [0.25, 0.3) is 0 Å². The van der Waals surface area contributed by atoms with Gasteiger partial charge >= 0.3 is 6.18 Å². The fourth-order valence-electron chi connectivity index (χ4n) is 4.97. The van der Waals surface area contributed by atoms with Crippen molar-refractivity contribution >= 4 is 12.4 Å². The van der Waals surface area contributed by atoms with Gasteiger partial charge in [0.25, 0.3) is 0 Å². The molecule has 4 rings (SSSR count). The highest BCUT2D eigenvalue weighted by Gasteiger charge is 2.43. The van der Waals surface area contributed by atoms with Crippen molar-refractivity contribution in [1.82, 2.24) is 4.90 Å². The Hall–Kier alpha value is -1.52. The summed E-state index contributed by atoms with van der Waals surface area (Å²) in [7, 11) is 2.16. The summed E-state index contributed by atoms with van der Waals surface area (Å²) in [4.78, 5) is 2.41. The first-order valence-corrected chi connectivity index (χ1v) is 9.29. The Morgan fingerprint density at radius 2 is 1.89 bits per heavy atom. The normalized spacial score (nSPS) is 24.9. The molecule has 0 amide bonds. The van der Waals surface area contributed by atoms with Gasteiger partial charge in [0, 0.05) is 18.5 Å². The summed E-state index contributed by atoms with van der Waals surface area (Å²) in [6, 6.07) is 13.5. The molecule has 146 valence electrons. The summed E-state index contributed by atoms with van der Waals surface area (Å²) < 4.78 is 39.1. The van der Waals surface area contributed by atoms with Gasteiger partial charge in [0.2, 0.25) is 0 Å². The van der Waals surface area contributed by atoms with Gasteiger partial charge in [-0.1, -0.05) is 35.9 Å². The molecule has 2 aromatic rings. The number of hydrogen-bond donors (Lipinski definition) is 0. The van der Waals surface area contributed by atoms with E-state index in [0.29, 0.717) is 17.9 Å². The Morgan fingerprint density at radius 3 is 2.59 bits per heavy atom. The minimum atomic E-state index is -4.26. The number of likely N-dealkylation sites (tertiary alicyclic amines) is 1. The third-order valence-electron chi connectivity index (χ3n) is 6.21. The highest BCUT2D eigenvalue weighted by atomic mass is 35.5. The molecule has 0 saturated carbocycles. The van der Waals surface area contributed by atoms with Crippen molar-refractivity contribution < 1.29 is 13.2 Å². The van der Waals surface area contributed by atoms with Crippen LogP contribution >= 0.6 is 12.4 Å². The van der Waals surface area contributed by atoms with Crippen LogP contribution in [0.5, 0.6) is 0 Å². The zero-order valence-corrected chi connectivity index (χ0v) is 16.4. The number of nitrogens with zero attached hydrogens (tertiary/aromatic N) is 1. The molecule has 0 aromatic heterocycles. The van der Waals surface area contributed by atoms with E-state index in [1.165, 1.54) is 23.3 Å². The second-order valence-corrected chi connectivity index (χ2v) is 7.92. The van der Waals surface area contributed by atoms with Crippen LogP contribution < -0.4 is 0 Å². The van der Waals surface area contributed by atoms with Crippen LogP contribution in [0, 0.1) is 12.8 Å². The van der Waals surface area contributed by atoms with E-state index in [9.17, 15) is 13.2 Å². The van der Waals surface area contributed by atoms with Gasteiger partial charge in [-0.3, -0.25) is 0 Å². The molecule has 0 N–H and O–H groups in total. The summed E-state index contributed by atoms with van der Waals surface area (Å²) >= 11 is 0. The van der Waals surface area contributed by atoms with Gasteiger partial charge in [-0.25, -0.2) is 0 Å². The Morgan fingerprint density at radius 1 is 1.11 bits per heavy atom. The van der Waals surface area contributed by atoms with Crippen molar-refractivity contribution in [1.29, 1.82) is 0 Å². The zero-order valence-electron chi connectivity index (χ0n) is 15.6. The molecule has 0 spiro atoms. The number of fused-ring (bicyclic) bond motifs is 3. The first kappa shape index (κ1) is 20.2. The predicted octanol–water partition coefficient (Wildman–Crippen LogP) is 5.64. The monoisotopic (exact) mass is 395 g/mol. The quantitative estimate of drug-likeness (QED) is 0.636. The smallest absolute Gasteiger partial charge is 0.302 e. The molecule has 1 saturated heterocycles. The second-order valence-electron chi connectivity index (χ2n) is 7.92. The van der Waals surface area contributed by atoms with Gasteiger partial charge in [-0.15, -0.1) is 12.4 Å². The van der Waals surface area contributed by atoms with E-state index < -0.39 is 11.7 Å². The van der Waals surface area contributed by atoms with Gasteiger partial charge in [-0.2, -0.15) is 13.2 Å². The molecule has 3 atom stereocenters. The van der Waals surface area contributed by atoms with E-state index in [4.69, 9.17) is 0 Å². The van der Waals surface area contributed by atoms with Gasteiger partial charge in [0.1, 0.15) is 0 Å². The molecular weight excluding hydrogens is 371 g/mol. The molecule has 1 aliphatic heterocycles. The lowest BCUT2D eigenvalue weighted by atomic mass is 9.73. The van der Waals surface area contributed by atoms with E-state index in [2.05, 4.69) is 43.1 Å². The van der Waals surface area contributed by atoms with Crippen molar-refractivity contribution in [3.63, 3.8) is 0 Å². The van der Waals surface area contributed by atoms with Gasteiger partial charge in [-0.05, 0) is 68.0 Å². The number of rotatable bonds is 2. The van der Waals surface area contributed by atoms with E-state index >= 15 is 0 Å². The first-order chi connectivity index (χ1) is 12.3. The van der Waals surface area contributed by atoms with Crippen LogP contribution in [-0.2, 0) is 19.0 Å². The molecule has 5 heteroatoms. The molecular formula is C22H25ClF3N. The van der Waals surface area contributed by atoms with E-state index in [-0.39, 0.29) is 12.4 Å². The second kappa shape index (κ2) is 7.48. The first-order valence-electron chi connectivity index (χ1n) is 9.29. The summed E-state index contributed by atoms with van der Waals surface area (Å²) in [5, 5.41) is 0. The third kappa shape index (κ3) is 3.88. The fourth-order valence-corrected chi connectivity index (χ4v) is 4.97. The van der Waals surface area contributed by atoms with Crippen LogP contribution in [0.15, 0.2) is 42.5 Å². The molecule has 1 fully saturated rings. The minimum absolute atomic E-state index is 0. The Balaban J connectivity index is 0.00000210. The molecule has 0 radical (unpaired) electrons. The average molecular weight is 396 g/mol. The number of aryl methyl sites for hydroxylation is 2. The van der Waals surface area contributed by atoms with Crippen LogP contribution in [-0.4, -0.2) is 24.5 Å². The number of halogens is 4. The maximum atomic E-state index is 13.0. The Labute approximate surface area is 165 Å². The van der Waals surface area contributed by atoms with E-state index in [1.54, 1.807) is 6.07 Å². The Bertz CT molecular complexity index is 817. The number of alkyl halides is 3. The van der Waals surface area contributed by atoms with E-state index in [1.807, 2.05) is 0 Å². The minimum Gasteiger partial charge on any atom is -0.302 e. The Kier molecular flexibility index (Phi) is 5.60. The topological polar surface area (TPSA) is 3.24 Å². The SMILES string of the molecule is Cc1cccc(C[C@@H]2C3CCc4cc(C(F)(F)F)ccc4[C@H]3CN2C)c1.Cl. The lowest BCUT2D eigenvalue weighted by Crippen LogP contribution is -2.32. The maximum Gasteiger partial charge on any atom is 0.416 e. The number of hydrogen-bond acceptors (Lipinski definition) is 1. The summed E-state index contributed by atoms with van der Waals surface area (Å²) in [5.74, 6) is 0.866. The van der Waals surface area contributed by atoms with Gasteiger partial charge in [0.15, 0.2) is 0 Å². The largest absolute Gasteiger partial charge is 0.416 e. The van der Waals surface area contributed by atoms with Crippen LogP contribution in [0.1, 0.15) is 40.2 Å². The average Bonchev–Trinajstić information content (AvgIpc) is 2.90. The fraction of sp³-hybridized carbons (Fsp3) is 0.455. The summed E-state index contributed by atoms with van der Waals surface area (Å²) in [6.45, 7) is 3.04. The lowest BCUT2D eigenvalue weighted by Gasteiger charge is -2.32. The zero-order chi connectivity index (χ0) is 18.5. The van der Waals surface area contributed by atoms with Gasteiger partial charge < -0.3 is 4.90 Å². The standard InChI is InChI=1S/C22H24F3N.ClH/c1-14-4-3-5-15(10-14)11-21-19-8-6-16-12-17(22(23,24)25)7-9-18(16)20(19)13-26(21)2;/h3-5,7,9-10,12,19-21H,6,8,11,13H2,1-2H3;1H/t19?,20-,21-;/m1./s1. The van der Waals surface area contributed by atoms with Crippen molar-refractivity contribution in [3.05, 3.63) is 70.3 Å². The lowest BCUT2D eigenvalue weighted by molar-refractivity contribution is -0.137. The van der Waals surface area contributed by atoms with Crippen LogP contribution in [0.2, 0.25) is 0 Å². The number of benzene rings is 2. The van der Waals surface area contributed by atoms with Crippen molar-refractivity contribution in [2.45, 2.75) is 44.3 Å². The highest BCUT2D eigenvalue weighted by molar-refractivity contribution is 5.85. The highest BCUT2D eigenvalue weighted by Crippen LogP contribution is 2.46. The van der Waals surface area contributed by atoms with Crippen LogP contribution in [0.3, 0.4) is 0 Å². The third-order valence-corrected chi connectivity index (χ3v) is 6.21. The molecule has 2 aromatic carbocycles. The van der Waals surface area contributed by atoms with Crippen molar-refractivity contribution in [2.75, 3.05) is 13.6 Å². The summed E-state index contributed by atoms with van der Waals surface area (Å²) in [5.41, 5.74) is 4.13. The molecule has 0 bridgehead atoms. The van der Waals surface area contributed by atoms with Crippen molar-refractivity contribution in [3.8, 4) is 0 Å². The van der Waals surface area contributed by atoms with Crippen LogP contribution in [0.4, 0.5) is 13.2 Å². The maximum absolute atomic E-state index is 13.0. The van der Waals surface area contributed by atoms with Gasteiger partial charge in [0.05, 0.1) is 5.56 Å². The molecule has 1 nitrogen and oxygen atoms in total. The predicted molar refractivity (Wildman–Crippen MR) is 105 cm³/mol. The molecule has 1 unspecified atom stereocenters. The van der Waals surface area contributed by atoms with Crippen molar-refractivity contribution in [2.24, 2.45) is 5.92 Å². The number of likely N-dealkylation sites (N-methyl/N-ethyl adjacent to an activating group) is 1. The molecule has 2 aliphatic rings. The summed E-state index contributed by atoms with van der Waals surface area (Å²) in [6.07, 6.45) is -1.53. The molecule has 27 heavy (non-hydrogen) atoms.